The van der Waals surface area contributed by atoms with Gasteiger partial charge in [0.25, 0.3) is 0 Å². The highest BCUT2D eigenvalue weighted by atomic mass is 15.0. The molecule has 116 valence electrons. The summed E-state index contributed by atoms with van der Waals surface area (Å²) in [5, 5.41) is 7.19. The fourth-order valence-corrected chi connectivity index (χ4v) is 2.32. The van der Waals surface area contributed by atoms with Crippen LogP contribution in [0.1, 0.15) is 72.6 Å². The van der Waals surface area contributed by atoms with E-state index >= 15 is 0 Å². The first-order chi connectivity index (χ1) is 9.10. The summed E-state index contributed by atoms with van der Waals surface area (Å²) in [4.78, 5) is 0. The molecule has 3 nitrogen and oxygen atoms in total. The van der Waals surface area contributed by atoms with E-state index in [1.165, 1.54) is 44.9 Å². The molecular weight excluding hydrogens is 234 g/mol. The van der Waals surface area contributed by atoms with Gasteiger partial charge in [-0.25, -0.2) is 0 Å². The second-order valence-electron chi connectivity index (χ2n) is 6.03. The summed E-state index contributed by atoms with van der Waals surface area (Å²) in [6.07, 6.45) is 9.35. The first kappa shape index (κ1) is 18.9. The minimum absolute atomic E-state index is 0.239. The molecule has 0 aromatic heterocycles. The van der Waals surface area contributed by atoms with Crippen molar-refractivity contribution in [2.75, 3.05) is 13.1 Å². The second kappa shape index (κ2) is 12.9. The third-order valence-electron chi connectivity index (χ3n) is 3.54. The van der Waals surface area contributed by atoms with Gasteiger partial charge >= 0.3 is 0 Å². The van der Waals surface area contributed by atoms with E-state index in [0.717, 1.165) is 13.1 Å². The smallest absolute Gasteiger partial charge is 0.0164 e. The van der Waals surface area contributed by atoms with Crippen LogP contribution in [0.2, 0.25) is 0 Å². The lowest BCUT2D eigenvalue weighted by Gasteiger charge is -2.22. The van der Waals surface area contributed by atoms with Gasteiger partial charge < -0.3 is 16.4 Å². The first-order valence-corrected chi connectivity index (χ1v) is 8.32. The number of hydrogen-bond acceptors (Lipinski definition) is 3. The van der Waals surface area contributed by atoms with E-state index in [1.807, 2.05) is 6.92 Å². The van der Waals surface area contributed by atoms with Gasteiger partial charge in [0.05, 0.1) is 0 Å². The second-order valence-corrected chi connectivity index (χ2v) is 6.03. The van der Waals surface area contributed by atoms with Gasteiger partial charge in [0.15, 0.2) is 0 Å². The van der Waals surface area contributed by atoms with Crippen molar-refractivity contribution in [2.24, 2.45) is 5.73 Å². The molecule has 3 heteroatoms. The maximum atomic E-state index is 5.76. The molecule has 0 amide bonds. The Hall–Kier alpha value is -0.120. The predicted octanol–water partition coefficient (Wildman–Crippen LogP) is 3.04. The van der Waals surface area contributed by atoms with Crippen molar-refractivity contribution in [2.45, 2.75) is 90.8 Å². The highest BCUT2D eigenvalue weighted by molar-refractivity contribution is 4.72. The molecule has 0 rings (SSSR count). The van der Waals surface area contributed by atoms with E-state index in [2.05, 4.69) is 31.4 Å². The van der Waals surface area contributed by atoms with Crippen LogP contribution in [0, 0.1) is 0 Å². The van der Waals surface area contributed by atoms with Gasteiger partial charge in [0, 0.05) is 31.2 Å². The zero-order valence-electron chi connectivity index (χ0n) is 13.7. The van der Waals surface area contributed by atoms with Gasteiger partial charge in [0.2, 0.25) is 0 Å². The van der Waals surface area contributed by atoms with Crippen LogP contribution >= 0.6 is 0 Å². The minimum atomic E-state index is 0.239. The van der Waals surface area contributed by atoms with E-state index in [1.54, 1.807) is 0 Å². The molecule has 0 radical (unpaired) electrons. The average Bonchev–Trinajstić information content (AvgIpc) is 2.38. The normalized spacial score (nSPS) is 16.3. The number of hydrogen-bond donors (Lipinski definition) is 3. The van der Waals surface area contributed by atoms with Crippen molar-refractivity contribution < 1.29 is 0 Å². The van der Waals surface area contributed by atoms with Crippen molar-refractivity contribution in [1.82, 2.24) is 10.6 Å². The first-order valence-electron chi connectivity index (χ1n) is 8.32. The number of nitrogens with two attached hydrogens (primary N) is 1. The lowest BCUT2D eigenvalue weighted by atomic mass is 10.0. The van der Waals surface area contributed by atoms with Crippen LogP contribution in [0.3, 0.4) is 0 Å². The zero-order valence-corrected chi connectivity index (χ0v) is 13.7. The summed E-state index contributed by atoms with van der Waals surface area (Å²) < 4.78 is 0. The Morgan fingerprint density at radius 3 is 2.16 bits per heavy atom. The zero-order chi connectivity index (χ0) is 14.5. The fraction of sp³-hybridized carbons (Fsp3) is 1.00. The van der Waals surface area contributed by atoms with Crippen molar-refractivity contribution >= 4 is 0 Å². The SMILES string of the molecule is CCCCCCC(CCC)NCC(C)NCC(C)N. The average molecular weight is 271 g/mol. The van der Waals surface area contributed by atoms with E-state index in [4.69, 9.17) is 5.73 Å². The monoisotopic (exact) mass is 271 g/mol. The maximum Gasteiger partial charge on any atom is 0.0164 e. The Kier molecular flexibility index (Phi) is 12.8. The summed E-state index contributed by atoms with van der Waals surface area (Å²) in [5.41, 5.74) is 5.76. The molecule has 0 aromatic rings. The Morgan fingerprint density at radius 2 is 1.58 bits per heavy atom. The predicted molar refractivity (Wildman–Crippen MR) is 86.6 cm³/mol. The topological polar surface area (TPSA) is 50.1 Å². The molecule has 0 aliphatic rings. The van der Waals surface area contributed by atoms with Crippen molar-refractivity contribution in [3.8, 4) is 0 Å². The van der Waals surface area contributed by atoms with Gasteiger partial charge in [-0.15, -0.1) is 0 Å². The van der Waals surface area contributed by atoms with Crippen LogP contribution in [-0.4, -0.2) is 31.2 Å². The molecule has 4 N–H and O–H groups in total. The number of unbranched alkanes of at least 4 members (excludes halogenated alkanes) is 3. The van der Waals surface area contributed by atoms with Gasteiger partial charge in [-0.3, -0.25) is 0 Å². The maximum absolute atomic E-state index is 5.76. The molecule has 0 aliphatic carbocycles. The van der Waals surface area contributed by atoms with Crippen LogP contribution in [-0.2, 0) is 0 Å². The molecule has 0 heterocycles. The molecule has 19 heavy (non-hydrogen) atoms. The Bertz CT molecular complexity index is 183. The summed E-state index contributed by atoms with van der Waals surface area (Å²) in [6, 6.07) is 1.44. The molecular formula is C16H37N3. The third kappa shape index (κ3) is 12.6. The van der Waals surface area contributed by atoms with Crippen LogP contribution in [0.5, 0.6) is 0 Å². The van der Waals surface area contributed by atoms with Crippen LogP contribution in [0.25, 0.3) is 0 Å². The van der Waals surface area contributed by atoms with Crippen LogP contribution in [0.15, 0.2) is 0 Å². The van der Waals surface area contributed by atoms with Gasteiger partial charge in [-0.2, -0.15) is 0 Å². The summed E-state index contributed by atoms with van der Waals surface area (Å²) in [7, 11) is 0. The molecule has 3 unspecified atom stereocenters. The van der Waals surface area contributed by atoms with Gasteiger partial charge in [-0.05, 0) is 26.7 Å². The molecule has 0 aliphatic heterocycles. The number of nitrogens with one attached hydrogen (secondary N) is 2. The minimum Gasteiger partial charge on any atom is -0.327 e. The summed E-state index contributed by atoms with van der Waals surface area (Å²) in [5.74, 6) is 0. The van der Waals surface area contributed by atoms with E-state index in [-0.39, 0.29) is 6.04 Å². The van der Waals surface area contributed by atoms with Crippen molar-refractivity contribution in [1.29, 1.82) is 0 Å². The largest absolute Gasteiger partial charge is 0.327 e. The lowest BCUT2D eigenvalue weighted by molar-refractivity contribution is 0.394. The standard InChI is InChI=1S/C16H37N3/c1-5-7-8-9-11-16(10-6-2)19-13-15(4)18-12-14(3)17/h14-16,18-19H,5-13,17H2,1-4H3. The Morgan fingerprint density at radius 1 is 0.842 bits per heavy atom. The van der Waals surface area contributed by atoms with E-state index < -0.39 is 0 Å². The van der Waals surface area contributed by atoms with Crippen molar-refractivity contribution in [3.63, 3.8) is 0 Å². The van der Waals surface area contributed by atoms with Gasteiger partial charge in [0.1, 0.15) is 0 Å². The highest BCUT2D eigenvalue weighted by Crippen LogP contribution is 2.09. The van der Waals surface area contributed by atoms with Crippen LogP contribution in [0.4, 0.5) is 0 Å². The van der Waals surface area contributed by atoms with Crippen LogP contribution < -0.4 is 16.4 Å². The molecule has 0 aromatic carbocycles. The highest BCUT2D eigenvalue weighted by Gasteiger charge is 2.09. The molecule has 3 atom stereocenters. The quantitative estimate of drug-likeness (QED) is 0.451. The lowest BCUT2D eigenvalue weighted by Crippen LogP contribution is -2.44. The summed E-state index contributed by atoms with van der Waals surface area (Å²) >= 11 is 0. The van der Waals surface area contributed by atoms with Gasteiger partial charge in [-0.1, -0.05) is 46.0 Å². The Balaban J connectivity index is 3.73. The van der Waals surface area contributed by atoms with E-state index in [9.17, 15) is 0 Å². The number of rotatable bonds is 13. The fourth-order valence-electron chi connectivity index (χ4n) is 2.32. The van der Waals surface area contributed by atoms with E-state index in [0.29, 0.717) is 12.1 Å². The van der Waals surface area contributed by atoms with Crippen molar-refractivity contribution in [3.05, 3.63) is 0 Å². The molecule has 0 saturated carbocycles. The molecule has 0 saturated heterocycles. The molecule has 0 fully saturated rings. The Labute approximate surface area is 121 Å². The summed E-state index contributed by atoms with van der Waals surface area (Å²) in [6.45, 7) is 10.8. The molecule has 0 bridgehead atoms. The third-order valence-corrected chi connectivity index (χ3v) is 3.54. The molecule has 0 spiro atoms.